The number of methoxy groups -OCH3 is 2. The fraction of sp³-hybridized carbons (Fsp3) is 0.238. The maximum Gasteiger partial charge on any atom is 0.327 e. The van der Waals surface area contributed by atoms with Crippen LogP contribution < -0.4 is 0 Å². The van der Waals surface area contributed by atoms with Gasteiger partial charge in [0.25, 0.3) is 0 Å². The van der Waals surface area contributed by atoms with Crippen molar-refractivity contribution < 1.29 is 27.5 Å². The first-order chi connectivity index (χ1) is 13.4. The van der Waals surface area contributed by atoms with Gasteiger partial charge in [-0.1, -0.05) is 60.7 Å². The third-order valence-electron chi connectivity index (χ3n) is 4.89. The zero-order chi connectivity index (χ0) is 20.4. The maximum atomic E-state index is 13.5. The van der Waals surface area contributed by atoms with Gasteiger partial charge in [0.1, 0.15) is 0 Å². The lowest BCUT2D eigenvalue weighted by atomic mass is 9.80. The molecule has 0 spiro atoms. The molecule has 0 saturated heterocycles. The molecule has 0 fully saturated rings. The van der Waals surface area contributed by atoms with Crippen LogP contribution in [0.5, 0.6) is 0 Å². The quantitative estimate of drug-likeness (QED) is 0.579. The molecule has 1 aliphatic rings. The summed E-state index contributed by atoms with van der Waals surface area (Å²) in [5.41, 5.74) is -0.984. The Hall–Kier alpha value is -2.93. The monoisotopic (exact) mass is 400 g/mol. The van der Waals surface area contributed by atoms with Crippen molar-refractivity contribution in [1.82, 2.24) is 0 Å². The summed E-state index contributed by atoms with van der Waals surface area (Å²) in [6.45, 7) is 0. The van der Waals surface area contributed by atoms with Crippen molar-refractivity contribution >= 4 is 26.7 Å². The van der Waals surface area contributed by atoms with Gasteiger partial charge in [-0.15, -0.1) is 0 Å². The molecular weight excluding hydrogens is 380 g/mol. The average molecular weight is 400 g/mol. The summed E-state index contributed by atoms with van der Waals surface area (Å²) in [5, 5.41) is -1.10. The Balaban J connectivity index is 2.32. The molecule has 2 aromatic carbocycles. The van der Waals surface area contributed by atoms with Gasteiger partial charge < -0.3 is 9.47 Å². The molecule has 1 unspecified atom stereocenters. The van der Waals surface area contributed by atoms with Crippen LogP contribution in [0.2, 0.25) is 0 Å². The number of hydrogen-bond acceptors (Lipinski definition) is 6. The van der Waals surface area contributed by atoms with Gasteiger partial charge in [0.05, 0.1) is 24.4 Å². The SMILES string of the molecule is COC(=O)C1(C(=O)OC)C=C(c2ccccc2)S(=O)(=O)C(c2ccccc2)C1. The van der Waals surface area contributed by atoms with Gasteiger partial charge in [-0.05, 0) is 23.6 Å². The summed E-state index contributed by atoms with van der Waals surface area (Å²) < 4.78 is 36.6. The molecule has 7 heteroatoms. The normalized spacial score (nSPS) is 19.9. The second kappa shape index (κ2) is 7.59. The van der Waals surface area contributed by atoms with Crippen molar-refractivity contribution in [1.29, 1.82) is 0 Å². The van der Waals surface area contributed by atoms with Crippen LogP contribution in [-0.2, 0) is 28.9 Å². The number of carbonyl (C=O) groups excluding carboxylic acids is 2. The van der Waals surface area contributed by atoms with Crippen molar-refractivity contribution in [2.75, 3.05) is 14.2 Å². The first kappa shape index (κ1) is 19.8. The Morgan fingerprint density at radius 2 is 1.39 bits per heavy atom. The first-order valence-electron chi connectivity index (χ1n) is 8.61. The van der Waals surface area contributed by atoms with Crippen LogP contribution in [-0.4, -0.2) is 34.6 Å². The van der Waals surface area contributed by atoms with Gasteiger partial charge in [-0.3, -0.25) is 9.59 Å². The highest BCUT2D eigenvalue weighted by atomic mass is 32.2. The molecule has 3 rings (SSSR count). The second-order valence-electron chi connectivity index (χ2n) is 6.48. The summed E-state index contributed by atoms with van der Waals surface area (Å²) in [6.07, 6.45) is 0.879. The van der Waals surface area contributed by atoms with E-state index in [1.807, 2.05) is 0 Å². The molecule has 1 atom stereocenters. The van der Waals surface area contributed by atoms with Crippen LogP contribution in [0.15, 0.2) is 66.7 Å². The summed E-state index contributed by atoms with van der Waals surface area (Å²) in [7, 11) is -1.57. The van der Waals surface area contributed by atoms with E-state index in [1.54, 1.807) is 60.7 Å². The van der Waals surface area contributed by atoms with Crippen molar-refractivity contribution in [3.8, 4) is 0 Å². The zero-order valence-electron chi connectivity index (χ0n) is 15.5. The van der Waals surface area contributed by atoms with Crippen molar-refractivity contribution in [3.63, 3.8) is 0 Å². The van der Waals surface area contributed by atoms with Crippen LogP contribution in [0, 0.1) is 5.41 Å². The number of benzene rings is 2. The van der Waals surface area contributed by atoms with Crippen molar-refractivity contribution in [2.45, 2.75) is 11.7 Å². The van der Waals surface area contributed by atoms with E-state index >= 15 is 0 Å². The maximum absolute atomic E-state index is 13.5. The Morgan fingerprint density at radius 1 is 0.893 bits per heavy atom. The fourth-order valence-electron chi connectivity index (χ4n) is 3.47. The van der Waals surface area contributed by atoms with E-state index in [9.17, 15) is 18.0 Å². The van der Waals surface area contributed by atoms with E-state index in [1.165, 1.54) is 6.08 Å². The van der Waals surface area contributed by atoms with Crippen molar-refractivity contribution in [2.24, 2.45) is 5.41 Å². The number of ether oxygens (including phenoxy) is 2. The van der Waals surface area contributed by atoms with Gasteiger partial charge in [-0.2, -0.15) is 0 Å². The molecular formula is C21H20O6S. The summed E-state index contributed by atoms with van der Waals surface area (Å²) in [4.78, 5) is 25.3. The van der Waals surface area contributed by atoms with Crippen LogP contribution in [0.1, 0.15) is 22.8 Å². The van der Waals surface area contributed by atoms with E-state index in [-0.39, 0.29) is 11.3 Å². The highest BCUT2D eigenvalue weighted by Gasteiger charge is 2.55. The standard InChI is InChI=1S/C21H20O6S/c1-26-19(22)21(20(23)27-2)13-17(15-9-5-3-6-10-15)28(24,25)18(14-21)16-11-7-4-8-12-16/h3-13,18H,14H2,1-2H3. The smallest absolute Gasteiger partial charge is 0.327 e. The van der Waals surface area contributed by atoms with E-state index in [2.05, 4.69) is 0 Å². The number of hydrogen-bond donors (Lipinski definition) is 0. The fourth-order valence-corrected chi connectivity index (χ4v) is 5.60. The highest BCUT2D eigenvalue weighted by molar-refractivity contribution is 8.00. The number of carbonyl (C=O) groups is 2. The van der Waals surface area contributed by atoms with Crippen LogP contribution in [0.25, 0.3) is 4.91 Å². The molecule has 0 radical (unpaired) electrons. The van der Waals surface area contributed by atoms with E-state index in [0.29, 0.717) is 11.1 Å². The minimum Gasteiger partial charge on any atom is -0.468 e. The highest BCUT2D eigenvalue weighted by Crippen LogP contribution is 2.49. The van der Waals surface area contributed by atoms with Gasteiger partial charge in [-0.25, -0.2) is 8.42 Å². The van der Waals surface area contributed by atoms with Crippen molar-refractivity contribution in [3.05, 3.63) is 77.9 Å². The minimum absolute atomic E-state index is 0.0935. The van der Waals surface area contributed by atoms with Gasteiger partial charge in [0, 0.05) is 0 Å². The molecule has 2 aromatic rings. The molecule has 0 saturated carbocycles. The van der Waals surface area contributed by atoms with E-state index in [4.69, 9.17) is 9.47 Å². The molecule has 0 bridgehead atoms. The van der Waals surface area contributed by atoms with Gasteiger partial charge in [0.15, 0.2) is 15.3 Å². The Labute approximate surface area is 163 Å². The molecule has 1 aliphatic heterocycles. The molecule has 0 aliphatic carbocycles. The molecule has 0 aromatic heterocycles. The van der Waals surface area contributed by atoms with Crippen LogP contribution in [0.3, 0.4) is 0 Å². The van der Waals surface area contributed by atoms with E-state index in [0.717, 1.165) is 14.2 Å². The van der Waals surface area contributed by atoms with Gasteiger partial charge in [0.2, 0.25) is 0 Å². The van der Waals surface area contributed by atoms with Crippen LogP contribution in [0.4, 0.5) is 0 Å². The predicted molar refractivity (Wildman–Crippen MR) is 104 cm³/mol. The minimum atomic E-state index is -3.88. The molecule has 0 N–H and O–H groups in total. The first-order valence-corrected chi connectivity index (χ1v) is 10.2. The molecule has 0 amide bonds. The summed E-state index contributed by atoms with van der Waals surface area (Å²) in [6, 6.07) is 16.9. The third kappa shape index (κ3) is 3.22. The summed E-state index contributed by atoms with van der Waals surface area (Å²) in [5.74, 6) is -1.72. The van der Waals surface area contributed by atoms with E-state index < -0.39 is 32.4 Å². The Bertz CT molecular complexity index is 993. The van der Waals surface area contributed by atoms with Crippen LogP contribution >= 0.6 is 0 Å². The predicted octanol–water partition coefficient (Wildman–Crippen LogP) is 2.92. The number of esters is 2. The lowest BCUT2D eigenvalue weighted by molar-refractivity contribution is -0.165. The molecule has 6 nitrogen and oxygen atoms in total. The van der Waals surface area contributed by atoms with Gasteiger partial charge >= 0.3 is 11.9 Å². The number of rotatable bonds is 4. The topological polar surface area (TPSA) is 86.7 Å². The third-order valence-corrected chi connectivity index (χ3v) is 7.05. The number of sulfone groups is 1. The largest absolute Gasteiger partial charge is 0.468 e. The second-order valence-corrected chi connectivity index (χ2v) is 8.58. The Kier molecular flexibility index (Phi) is 5.38. The molecule has 146 valence electrons. The lowest BCUT2D eigenvalue weighted by Crippen LogP contribution is -2.44. The zero-order valence-corrected chi connectivity index (χ0v) is 16.3. The molecule has 28 heavy (non-hydrogen) atoms. The lowest BCUT2D eigenvalue weighted by Gasteiger charge is -2.35. The summed E-state index contributed by atoms with van der Waals surface area (Å²) >= 11 is 0. The average Bonchev–Trinajstić information content (AvgIpc) is 2.73. The molecule has 1 heterocycles. The Morgan fingerprint density at radius 3 is 1.89 bits per heavy atom.